The number of nitrogens with one attached hydrogen (secondary N) is 2. The number of amides is 2. The lowest BCUT2D eigenvalue weighted by molar-refractivity contribution is -0.126. The van der Waals surface area contributed by atoms with E-state index in [1.165, 1.54) is 0 Å². The molecule has 1 rings (SSSR count). The summed E-state index contributed by atoms with van der Waals surface area (Å²) in [4.78, 5) is 22.5. The highest BCUT2D eigenvalue weighted by Gasteiger charge is 2.23. The molecule has 16 heavy (non-hydrogen) atoms. The lowest BCUT2D eigenvalue weighted by Crippen LogP contribution is -2.50. The van der Waals surface area contributed by atoms with Gasteiger partial charge in [0.15, 0.2) is 5.84 Å². The number of piperidine rings is 1. The molecule has 0 aromatic heterocycles. The van der Waals surface area contributed by atoms with Gasteiger partial charge in [0.05, 0.1) is 5.92 Å². The van der Waals surface area contributed by atoms with Crippen LogP contribution in [0.4, 0.5) is 0 Å². The Morgan fingerprint density at radius 1 is 1.75 bits per heavy atom. The fourth-order valence-corrected chi connectivity index (χ4v) is 1.40. The second-order valence-corrected chi connectivity index (χ2v) is 3.79. The smallest absolute Gasteiger partial charge is 0.230 e. The van der Waals surface area contributed by atoms with E-state index in [4.69, 9.17) is 10.9 Å². The average molecular weight is 228 g/mol. The molecule has 1 fully saturated rings. The normalized spacial score (nSPS) is 23.4. The number of carbonyl (C=O) groups is 2. The molecule has 1 aliphatic heterocycles. The van der Waals surface area contributed by atoms with Gasteiger partial charge in [0.25, 0.3) is 0 Å². The Morgan fingerprint density at radius 3 is 2.94 bits per heavy atom. The topological polar surface area (TPSA) is 117 Å². The monoisotopic (exact) mass is 228 g/mol. The third kappa shape index (κ3) is 3.11. The lowest BCUT2D eigenvalue weighted by Gasteiger charge is -2.24. The molecule has 1 heterocycles. The van der Waals surface area contributed by atoms with Crippen molar-refractivity contribution in [3.63, 3.8) is 0 Å². The van der Waals surface area contributed by atoms with E-state index in [1.54, 1.807) is 6.92 Å². The SMILES string of the molecule is CC(C(=O)NC1CCC(=O)NC1)C(N)=NO. The minimum Gasteiger partial charge on any atom is -0.409 e. The van der Waals surface area contributed by atoms with Gasteiger partial charge in [-0.2, -0.15) is 0 Å². The summed E-state index contributed by atoms with van der Waals surface area (Å²) in [6, 6.07) is -0.0841. The van der Waals surface area contributed by atoms with E-state index in [2.05, 4.69) is 15.8 Å². The van der Waals surface area contributed by atoms with Gasteiger partial charge in [-0.05, 0) is 13.3 Å². The van der Waals surface area contributed by atoms with Crippen molar-refractivity contribution in [2.45, 2.75) is 25.8 Å². The molecule has 2 unspecified atom stereocenters. The van der Waals surface area contributed by atoms with Crippen molar-refractivity contribution >= 4 is 17.6 Å². The second kappa shape index (κ2) is 5.34. The van der Waals surface area contributed by atoms with Crippen LogP contribution in [0.5, 0.6) is 0 Å². The summed E-state index contributed by atoms with van der Waals surface area (Å²) in [5.74, 6) is -1.12. The molecule has 1 saturated heterocycles. The molecule has 90 valence electrons. The van der Waals surface area contributed by atoms with Gasteiger partial charge in [-0.3, -0.25) is 9.59 Å². The lowest BCUT2D eigenvalue weighted by atomic mass is 10.1. The average Bonchev–Trinajstić information content (AvgIpc) is 2.30. The molecule has 0 saturated carbocycles. The molecule has 0 radical (unpaired) electrons. The van der Waals surface area contributed by atoms with Crippen molar-refractivity contribution in [2.24, 2.45) is 16.8 Å². The van der Waals surface area contributed by atoms with Crippen LogP contribution < -0.4 is 16.4 Å². The van der Waals surface area contributed by atoms with Gasteiger partial charge >= 0.3 is 0 Å². The zero-order chi connectivity index (χ0) is 12.1. The maximum absolute atomic E-state index is 11.6. The summed E-state index contributed by atoms with van der Waals surface area (Å²) in [6.07, 6.45) is 1.02. The fraction of sp³-hybridized carbons (Fsp3) is 0.667. The molecule has 7 nitrogen and oxygen atoms in total. The number of nitrogens with zero attached hydrogens (tertiary/aromatic N) is 1. The first-order valence-electron chi connectivity index (χ1n) is 5.09. The van der Waals surface area contributed by atoms with E-state index >= 15 is 0 Å². The summed E-state index contributed by atoms with van der Waals surface area (Å²) in [6.45, 7) is 1.97. The Hall–Kier alpha value is -1.79. The predicted octanol–water partition coefficient (Wildman–Crippen LogP) is -1.24. The Morgan fingerprint density at radius 2 is 2.44 bits per heavy atom. The number of hydrogen-bond donors (Lipinski definition) is 4. The van der Waals surface area contributed by atoms with E-state index in [9.17, 15) is 9.59 Å². The van der Waals surface area contributed by atoms with Gasteiger partial charge in [-0.15, -0.1) is 0 Å². The van der Waals surface area contributed by atoms with Gasteiger partial charge in [-0.1, -0.05) is 5.16 Å². The van der Waals surface area contributed by atoms with Crippen LogP contribution >= 0.6 is 0 Å². The van der Waals surface area contributed by atoms with Gasteiger partial charge in [-0.25, -0.2) is 0 Å². The Kier molecular flexibility index (Phi) is 4.10. The van der Waals surface area contributed by atoms with Gasteiger partial charge in [0, 0.05) is 19.0 Å². The van der Waals surface area contributed by atoms with Crippen LogP contribution in [-0.4, -0.2) is 35.4 Å². The van der Waals surface area contributed by atoms with Crippen LogP contribution in [0.15, 0.2) is 5.16 Å². The van der Waals surface area contributed by atoms with Crippen LogP contribution in [0.25, 0.3) is 0 Å². The maximum atomic E-state index is 11.6. The number of nitrogens with two attached hydrogens (primary N) is 1. The summed E-state index contributed by atoms with van der Waals surface area (Å²) in [5, 5.41) is 16.6. The van der Waals surface area contributed by atoms with Crippen molar-refractivity contribution in [1.82, 2.24) is 10.6 Å². The Bertz CT molecular complexity index is 306. The minimum atomic E-state index is -0.678. The van der Waals surface area contributed by atoms with Crippen LogP contribution in [0.1, 0.15) is 19.8 Å². The predicted molar refractivity (Wildman–Crippen MR) is 56.7 cm³/mol. The third-order valence-electron chi connectivity index (χ3n) is 2.56. The highest BCUT2D eigenvalue weighted by atomic mass is 16.4. The van der Waals surface area contributed by atoms with Gasteiger partial charge in [0.2, 0.25) is 11.8 Å². The van der Waals surface area contributed by atoms with Gasteiger partial charge in [0.1, 0.15) is 0 Å². The molecule has 0 aromatic carbocycles. The number of amidine groups is 1. The first kappa shape index (κ1) is 12.3. The van der Waals surface area contributed by atoms with Crippen molar-refractivity contribution < 1.29 is 14.8 Å². The van der Waals surface area contributed by atoms with Crippen LogP contribution in [0.3, 0.4) is 0 Å². The molecule has 0 spiro atoms. The summed E-state index contributed by atoms with van der Waals surface area (Å²) >= 11 is 0. The second-order valence-electron chi connectivity index (χ2n) is 3.79. The standard InChI is InChI=1S/C9H16N4O3/c1-5(8(10)13-16)9(15)12-6-2-3-7(14)11-4-6/h5-6,16H,2-4H2,1H3,(H2,10,13)(H,11,14)(H,12,15). The third-order valence-corrected chi connectivity index (χ3v) is 2.56. The molecule has 7 heteroatoms. The molecule has 2 amide bonds. The largest absolute Gasteiger partial charge is 0.409 e. The van der Waals surface area contributed by atoms with Crippen molar-refractivity contribution in [3.05, 3.63) is 0 Å². The number of oxime groups is 1. The van der Waals surface area contributed by atoms with E-state index < -0.39 is 5.92 Å². The summed E-state index contributed by atoms with van der Waals surface area (Å²) in [5.41, 5.74) is 5.31. The van der Waals surface area contributed by atoms with Crippen LogP contribution in [0, 0.1) is 5.92 Å². The fourth-order valence-electron chi connectivity index (χ4n) is 1.40. The van der Waals surface area contributed by atoms with Gasteiger partial charge < -0.3 is 21.6 Å². The molecule has 0 bridgehead atoms. The number of hydrogen-bond acceptors (Lipinski definition) is 4. The zero-order valence-corrected chi connectivity index (χ0v) is 9.06. The Labute approximate surface area is 93.1 Å². The van der Waals surface area contributed by atoms with Crippen LogP contribution in [0.2, 0.25) is 0 Å². The van der Waals surface area contributed by atoms with Crippen molar-refractivity contribution in [3.8, 4) is 0 Å². The van der Waals surface area contributed by atoms with E-state index in [0.717, 1.165) is 0 Å². The van der Waals surface area contributed by atoms with E-state index in [-0.39, 0.29) is 23.7 Å². The first-order valence-corrected chi connectivity index (χ1v) is 5.09. The number of rotatable bonds is 3. The Balaban J connectivity index is 2.42. The minimum absolute atomic E-state index is 0.00465. The molecule has 0 aliphatic carbocycles. The van der Waals surface area contributed by atoms with E-state index in [0.29, 0.717) is 19.4 Å². The molecular weight excluding hydrogens is 212 g/mol. The molecule has 1 aliphatic rings. The molecule has 0 aromatic rings. The summed E-state index contributed by atoms with van der Waals surface area (Å²) in [7, 11) is 0. The first-order chi connectivity index (χ1) is 7.54. The van der Waals surface area contributed by atoms with Crippen molar-refractivity contribution in [2.75, 3.05) is 6.54 Å². The molecule has 2 atom stereocenters. The molecule has 5 N–H and O–H groups in total. The van der Waals surface area contributed by atoms with E-state index in [1.807, 2.05) is 0 Å². The quantitative estimate of drug-likeness (QED) is 0.209. The summed E-state index contributed by atoms with van der Waals surface area (Å²) < 4.78 is 0. The highest BCUT2D eigenvalue weighted by Crippen LogP contribution is 2.04. The number of carbonyl (C=O) groups excluding carboxylic acids is 2. The zero-order valence-electron chi connectivity index (χ0n) is 9.06. The van der Waals surface area contributed by atoms with Crippen LogP contribution in [-0.2, 0) is 9.59 Å². The highest BCUT2D eigenvalue weighted by molar-refractivity contribution is 6.01. The van der Waals surface area contributed by atoms with Crippen molar-refractivity contribution in [1.29, 1.82) is 0 Å². The molecular formula is C9H16N4O3. The maximum Gasteiger partial charge on any atom is 0.230 e.